The molecule has 0 N–H and O–H groups in total. The molecule has 0 saturated heterocycles. The summed E-state index contributed by atoms with van der Waals surface area (Å²) in [7, 11) is 1.64. The summed E-state index contributed by atoms with van der Waals surface area (Å²) < 4.78 is 21.2. The van der Waals surface area contributed by atoms with Gasteiger partial charge in [0.05, 0.1) is 6.61 Å². The van der Waals surface area contributed by atoms with Crippen molar-refractivity contribution in [3.05, 3.63) is 35.4 Å². The largest absolute Gasteiger partial charge is 0.468 e. The predicted octanol–water partition coefficient (Wildman–Crippen LogP) is 1.61. The summed E-state index contributed by atoms with van der Waals surface area (Å²) in [6, 6.07) is 8.22. The molecular weight excluding hydrogens is 266 g/mol. The molecule has 0 aliphatic heterocycles. The molecule has 0 heterocycles. The van der Waals surface area contributed by atoms with Gasteiger partial charge < -0.3 is 9.73 Å². The number of carbonyl (C=O) groups is 1. The Labute approximate surface area is 117 Å². The van der Waals surface area contributed by atoms with Crippen LogP contribution in [-0.2, 0) is 33.9 Å². The van der Waals surface area contributed by atoms with Crippen molar-refractivity contribution in [3.63, 3.8) is 0 Å². The average Bonchev–Trinajstić information content (AvgIpc) is 2.41. The van der Waals surface area contributed by atoms with Gasteiger partial charge in [0.25, 0.3) is 6.47 Å². The Morgan fingerprint density at radius 1 is 1.32 bits per heavy atom. The lowest BCUT2D eigenvalue weighted by Crippen LogP contribution is -1.99. The molecule has 0 bridgehead atoms. The highest BCUT2D eigenvalue weighted by Gasteiger charge is 1.98. The number of carbonyl (C=O) groups excluding carboxylic acids is 1. The summed E-state index contributed by atoms with van der Waals surface area (Å²) in [5, 5.41) is 0. The van der Waals surface area contributed by atoms with Crippen LogP contribution in [0.3, 0.4) is 0 Å². The second-order valence-corrected chi connectivity index (χ2v) is 3.36. The number of ether oxygens (including phenoxy) is 1. The fourth-order valence-corrected chi connectivity index (χ4v) is 1.36. The van der Waals surface area contributed by atoms with Crippen molar-refractivity contribution in [1.29, 1.82) is 0 Å². The summed E-state index contributed by atoms with van der Waals surface area (Å²) in [5.41, 5.74) is 2.60. The third-order valence-electron chi connectivity index (χ3n) is 2.06. The zero-order chi connectivity index (χ0) is 14.9. The minimum Gasteiger partial charge on any atom is -0.468 e. The van der Waals surface area contributed by atoms with Gasteiger partial charge in [-0.25, -0.2) is 0 Å². The third kappa shape index (κ3) is 12.4. The van der Waals surface area contributed by atoms with E-state index in [-0.39, 0.29) is 0 Å². The Morgan fingerprint density at radius 3 is 2.21 bits per heavy atom. The van der Waals surface area contributed by atoms with E-state index in [1.54, 1.807) is 7.05 Å². The van der Waals surface area contributed by atoms with Crippen LogP contribution < -0.4 is 0 Å². The van der Waals surface area contributed by atoms with Crippen LogP contribution in [0.25, 0.3) is 0 Å². The van der Waals surface area contributed by atoms with Crippen LogP contribution in [0.5, 0.6) is 0 Å². The van der Waals surface area contributed by atoms with E-state index < -0.39 is 11.6 Å². The van der Waals surface area contributed by atoms with Gasteiger partial charge in [0.1, 0.15) is 0 Å². The molecule has 0 aliphatic rings. The Bertz CT molecular complexity index is 390. The first-order valence-electron chi connectivity index (χ1n) is 5.60. The summed E-state index contributed by atoms with van der Waals surface area (Å²) in [5.74, 6) is 0. The van der Waals surface area contributed by atoms with Gasteiger partial charge in [0.15, 0.2) is 0 Å². The minimum absolute atomic E-state index is 0.473. The molecular formula is C13H19NO4S. The SMILES string of the molecule is C=NC.CCc1ccccc1CCOC=O.O=S=O. The van der Waals surface area contributed by atoms with Gasteiger partial charge in [0.2, 0.25) is 0 Å². The molecule has 19 heavy (non-hydrogen) atoms. The van der Waals surface area contributed by atoms with E-state index >= 15 is 0 Å². The van der Waals surface area contributed by atoms with Crippen molar-refractivity contribution in [2.24, 2.45) is 4.99 Å². The van der Waals surface area contributed by atoms with Crippen LogP contribution in [0.2, 0.25) is 0 Å². The molecule has 6 heteroatoms. The number of nitrogens with zero attached hydrogens (tertiary/aromatic N) is 1. The first-order chi connectivity index (χ1) is 9.21. The zero-order valence-corrected chi connectivity index (χ0v) is 12.0. The van der Waals surface area contributed by atoms with Crippen LogP contribution in [0.15, 0.2) is 29.3 Å². The molecule has 1 rings (SSSR count). The van der Waals surface area contributed by atoms with E-state index in [0.717, 1.165) is 12.8 Å². The Balaban J connectivity index is 0. The lowest BCUT2D eigenvalue weighted by molar-refractivity contribution is -0.128. The molecule has 1 aromatic rings. The molecule has 0 saturated carbocycles. The van der Waals surface area contributed by atoms with Gasteiger partial charge in [-0.2, -0.15) is 8.42 Å². The highest BCUT2D eigenvalue weighted by Crippen LogP contribution is 2.09. The number of hydrogen-bond donors (Lipinski definition) is 0. The molecule has 0 fully saturated rings. The quantitative estimate of drug-likeness (QED) is 0.468. The molecule has 5 nitrogen and oxygen atoms in total. The van der Waals surface area contributed by atoms with Crippen molar-refractivity contribution in [2.75, 3.05) is 13.7 Å². The average molecular weight is 285 g/mol. The Kier molecular flexibility index (Phi) is 16.6. The lowest BCUT2D eigenvalue weighted by Gasteiger charge is -2.05. The monoisotopic (exact) mass is 285 g/mol. The number of hydrogen-bond acceptors (Lipinski definition) is 5. The highest BCUT2D eigenvalue weighted by atomic mass is 32.1. The predicted molar refractivity (Wildman–Crippen MR) is 75.9 cm³/mol. The number of rotatable bonds is 5. The van der Waals surface area contributed by atoms with Crippen LogP contribution in [0.1, 0.15) is 18.1 Å². The number of aryl methyl sites for hydroxylation is 1. The maximum atomic E-state index is 9.93. The van der Waals surface area contributed by atoms with Gasteiger partial charge in [-0.15, -0.1) is 0 Å². The molecule has 106 valence electrons. The molecule has 1 aromatic carbocycles. The standard InChI is InChI=1S/C11H14O2.C2H5N.O2S/c1-2-10-5-3-4-6-11(10)7-8-13-9-12;2*1-3-2/h3-6,9H,2,7-8H2,1H3;1H2,2H3;. The van der Waals surface area contributed by atoms with Crippen molar-refractivity contribution < 1.29 is 17.9 Å². The summed E-state index contributed by atoms with van der Waals surface area (Å²) in [6.07, 6.45) is 1.83. The van der Waals surface area contributed by atoms with Crippen LogP contribution in [-0.4, -0.2) is 35.3 Å². The fourth-order valence-electron chi connectivity index (χ4n) is 1.36. The molecule has 0 aliphatic carbocycles. The smallest absolute Gasteiger partial charge is 0.335 e. The summed E-state index contributed by atoms with van der Waals surface area (Å²) in [6.45, 7) is 6.20. The second kappa shape index (κ2) is 16.2. The van der Waals surface area contributed by atoms with E-state index in [1.165, 1.54) is 11.1 Å². The summed E-state index contributed by atoms with van der Waals surface area (Å²) in [4.78, 5) is 13.2. The number of benzene rings is 1. The molecule has 0 spiro atoms. The van der Waals surface area contributed by atoms with Crippen LogP contribution in [0, 0.1) is 0 Å². The molecule has 0 aromatic heterocycles. The zero-order valence-electron chi connectivity index (χ0n) is 11.2. The highest BCUT2D eigenvalue weighted by molar-refractivity contribution is 7.51. The maximum absolute atomic E-state index is 9.93. The molecule has 0 radical (unpaired) electrons. The second-order valence-electron chi connectivity index (χ2n) is 3.22. The van der Waals surface area contributed by atoms with Gasteiger partial charge in [-0.1, -0.05) is 31.2 Å². The van der Waals surface area contributed by atoms with E-state index in [1.807, 2.05) is 12.1 Å². The van der Waals surface area contributed by atoms with Gasteiger partial charge in [0, 0.05) is 13.5 Å². The molecule has 0 unspecified atom stereocenters. The molecule has 0 amide bonds. The fraction of sp³-hybridized carbons (Fsp3) is 0.385. The maximum Gasteiger partial charge on any atom is 0.335 e. The van der Waals surface area contributed by atoms with E-state index in [0.29, 0.717) is 13.1 Å². The van der Waals surface area contributed by atoms with E-state index in [4.69, 9.17) is 8.42 Å². The van der Waals surface area contributed by atoms with Crippen molar-refractivity contribution in [1.82, 2.24) is 0 Å². The normalized spacial score (nSPS) is 7.89. The number of aliphatic imine (C=N–C) groups is 1. The first-order valence-corrected chi connectivity index (χ1v) is 6.27. The minimum atomic E-state index is -0.750. The third-order valence-corrected chi connectivity index (χ3v) is 2.06. The van der Waals surface area contributed by atoms with Gasteiger partial charge in [-0.3, -0.25) is 4.79 Å². The van der Waals surface area contributed by atoms with Gasteiger partial charge in [-0.05, 0) is 24.3 Å². The Morgan fingerprint density at radius 2 is 1.79 bits per heavy atom. The van der Waals surface area contributed by atoms with E-state index in [9.17, 15) is 4.79 Å². The van der Waals surface area contributed by atoms with Crippen molar-refractivity contribution >= 4 is 24.8 Å². The molecule has 0 atom stereocenters. The lowest BCUT2D eigenvalue weighted by atomic mass is 10.0. The van der Waals surface area contributed by atoms with Crippen molar-refractivity contribution in [3.8, 4) is 0 Å². The summed E-state index contributed by atoms with van der Waals surface area (Å²) >= 11 is -0.750. The van der Waals surface area contributed by atoms with Crippen LogP contribution >= 0.6 is 0 Å². The van der Waals surface area contributed by atoms with Gasteiger partial charge >= 0.3 is 11.6 Å². The van der Waals surface area contributed by atoms with E-state index in [2.05, 4.69) is 35.5 Å². The Hall–Kier alpha value is -1.82. The van der Waals surface area contributed by atoms with Crippen LogP contribution in [0.4, 0.5) is 0 Å². The van der Waals surface area contributed by atoms with Crippen molar-refractivity contribution in [2.45, 2.75) is 19.8 Å². The topological polar surface area (TPSA) is 72.8 Å². The first kappa shape index (κ1) is 19.5.